The van der Waals surface area contributed by atoms with Gasteiger partial charge >= 0.3 is 0 Å². The van der Waals surface area contributed by atoms with Crippen LogP contribution in [0.4, 0.5) is 5.69 Å². The molecule has 0 bridgehead atoms. The highest BCUT2D eigenvalue weighted by atomic mass is 127. The zero-order valence-corrected chi connectivity index (χ0v) is 22.5. The van der Waals surface area contributed by atoms with Gasteiger partial charge in [-0.15, -0.1) is 24.0 Å². The van der Waals surface area contributed by atoms with Gasteiger partial charge in [-0.2, -0.15) is 0 Å². The number of rotatable bonds is 9. The number of halogens is 1. The number of hydrogen-bond acceptors (Lipinski definition) is 5. The first-order valence-electron chi connectivity index (χ1n) is 11.9. The number of ether oxygens (including phenoxy) is 2. The van der Waals surface area contributed by atoms with E-state index in [9.17, 15) is 4.79 Å². The van der Waals surface area contributed by atoms with Crippen LogP contribution in [0.1, 0.15) is 39.2 Å². The van der Waals surface area contributed by atoms with Gasteiger partial charge in [-0.1, -0.05) is 26.0 Å². The van der Waals surface area contributed by atoms with Gasteiger partial charge in [0.1, 0.15) is 6.10 Å². The second kappa shape index (κ2) is 14.7. The number of hydrogen-bond donors (Lipinski definition) is 3. The number of carbonyl (C=O) groups is 1. The molecule has 8 nitrogen and oxygen atoms in total. The molecule has 1 aromatic carbocycles. The fourth-order valence-corrected chi connectivity index (χ4v) is 4.16. The van der Waals surface area contributed by atoms with Crippen LogP contribution in [0.3, 0.4) is 0 Å². The molecule has 0 aliphatic carbocycles. The topological polar surface area (TPSA) is 87.2 Å². The van der Waals surface area contributed by atoms with Gasteiger partial charge in [0, 0.05) is 44.5 Å². The highest BCUT2D eigenvalue weighted by Crippen LogP contribution is 2.17. The molecule has 2 fully saturated rings. The van der Waals surface area contributed by atoms with Crippen molar-refractivity contribution in [2.75, 3.05) is 51.3 Å². The minimum absolute atomic E-state index is 0. The van der Waals surface area contributed by atoms with Crippen LogP contribution in [0, 0.1) is 5.92 Å². The van der Waals surface area contributed by atoms with E-state index >= 15 is 0 Å². The van der Waals surface area contributed by atoms with Gasteiger partial charge < -0.3 is 25.4 Å². The molecule has 0 spiro atoms. The summed E-state index contributed by atoms with van der Waals surface area (Å²) in [6, 6.07) is 8.28. The highest BCUT2D eigenvalue weighted by Gasteiger charge is 2.24. The van der Waals surface area contributed by atoms with Crippen molar-refractivity contribution >= 4 is 41.5 Å². The maximum atomic E-state index is 12.3. The van der Waals surface area contributed by atoms with E-state index in [0.717, 1.165) is 69.4 Å². The maximum absolute atomic E-state index is 12.3. The minimum Gasteiger partial charge on any atom is -0.379 e. The summed E-state index contributed by atoms with van der Waals surface area (Å²) in [5, 5.41) is 9.83. The van der Waals surface area contributed by atoms with E-state index in [0.29, 0.717) is 25.1 Å². The van der Waals surface area contributed by atoms with Gasteiger partial charge in [-0.25, -0.2) is 4.99 Å². The molecule has 2 atom stereocenters. The van der Waals surface area contributed by atoms with E-state index in [2.05, 4.69) is 41.6 Å². The number of nitrogens with one attached hydrogen (secondary N) is 3. The van der Waals surface area contributed by atoms with Crippen molar-refractivity contribution < 1.29 is 14.3 Å². The Labute approximate surface area is 215 Å². The highest BCUT2D eigenvalue weighted by molar-refractivity contribution is 14.0. The third-order valence-electron chi connectivity index (χ3n) is 5.94. The van der Waals surface area contributed by atoms with Gasteiger partial charge in [0.25, 0.3) is 5.91 Å². The molecule has 3 N–H and O–H groups in total. The molecule has 186 valence electrons. The molecule has 2 aliphatic heterocycles. The second-order valence-electron chi connectivity index (χ2n) is 8.73. The van der Waals surface area contributed by atoms with Crippen molar-refractivity contribution in [1.82, 2.24) is 15.5 Å². The van der Waals surface area contributed by atoms with Crippen LogP contribution in [0.5, 0.6) is 0 Å². The molecule has 2 saturated heterocycles. The van der Waals surface area contributed by atoms with Crippen molar-refractivity contribution in [3.63, 3.8) is 0 Å². The lowest BCUT2D eigenvalue weighted by Gasteiger charge is -2.37. The quantitative estimate of drug-likeness (QED) is 0.240. The lowest BCUT2D eigenvalue weighted by molar-refractivity contribution is -0.124. The van der Waals surface area contributed by atoms with E-state index in [1.807, 2.05) is 24.3 Å². The number of amides is 1. The Morgan fingerprint density at radius 2 is 2.00 bits per heavy atom. The summed E-state index contributed by atoms with van der Waals surface area (Å²) in [4.78, 5) is 19.6. The molecule has 0 aromatic heterocycles. The first-order valence-corrected chi connectivity index (χ1v) is 11.9. The molecular weight excluding hydrogens is 533 g/mol. The van der Waals surface area contributed by atoms with Gasteiger partial charge in [-0.05, 0) is 43.4 Å². The number of benzene rings is 1. The largest absolute Gasteiger partial charge is 0.379 e. The van der Waals surface area contributed by atoms with Crippen LogP contribution in [-0.2, 0) is 20.8 Å². The normalized spacial score (nSPS) is 20.2. The predicted octanol–water partition coefficient (Wildman–Crippen LogP) is 2.83. The summed E-state index contributed by atoms with van der Waals surface area (Å²) in [6.45, 7) is 13.0. The summed E-state index contributed by atoms with van der Waals surface area (Å²) in [6.07, 6.45) is 1.40. The van der Waals surface area contributed by atoms with Gasteiger partial charge in [-0.3, -0.25) is 9.69 Å². The van der Waals surface area contributed by atoms with Crippen LogP contribution >= 0.6 is 24.0 Å². The molecule has 2 aliphatic rings. The van der Waals surface area contributed by atoms with Crippen molar-refractivity contribution in [3.05, 3.63) is 29.8 Å². The Morgan fingerprint density at radius 1 is 1.21 bits per heavy atom. The summed E-state index contributed by atoms with van der Waals surface area (Å²) in [5.41, 5.74) is 1.82. The van der Waals surface area contributed by atoms with Crippen LogP contribution in [-0.4, -0.2) is 74.9 Å². The van der Waals surface area contributed by atoms with Crippen LogP contribution < -0.4 is 16.0 Å². The summed E-state index contributed by atoms with van der Waals surface area (Å²) in [5.74, 6) is 1.27. The van der Waals surface area contributed by atoms with Gasteiger partial charge in [0.2, 0.25) is 0 Å². The predicted molar refractivity (Wildman–Crippen MR) is 143 cm³/mol. The van der Waals surface area contributed by atoms with Crippen LogP contribution in [0.25, 0.3) is 0 Å². The van der Waals surface area contributed by atoms with Crippen molar-refractivity contribution in [2.24, 2.45) is 10.9 Å². The van der Waals surface area contributed by atoms with Crippen molar-refractivity contribution in [2.45, 2.75) is 52.3 Å². The molecule has 0 radical (unpaired) electrons. The maximum Gasteiger partial charge on any atom is 0.253 e. The third-order valence-corrected chi connectivity index (χ3v) is 5.94. The van der Waals surface area contributed by atoms with Crippen LogP contribution in [0.2, 0.25) is 0 Å². The summed E-state index contributed by atoms with van der Waals surface area (Å²) in [7, 11) is 0. The SMILES string of the molecule is CCNC(=NCc1cccc(NC(=O)C2CCCO2)c1)NCC(C(C)C)N1CCOCC1.I. The molecule has 1 aromatic rings. The number of aliphatic imine (C=N–C) groups is 1. The fourth-order valence-electron chi connectivity index (χ4n) is 4.16. The van der Waals surface area contributed by atoms with E-state index in [1.54, 1.807) is 0 Å². The third kappa shape index (κ3) is 9.03. The lowest BCUT2D eigenvalue weighted by Crippen LogP contribution is -2.52. The van der Waals surface area contributed by atoms with E-state index in [4.69, 9.17) is 14.5 Å². The average Bonchev–Trinajstić information content (AvgIpc) is 3.33. The molecule has 2 heterocycles. The summed E-state index contributed by atoms with van der Waals surface area (Å²) >= 11 is 0. The molecule has 1 amide bonds. The first-order chi connectivity index (χ1) is 15.6. The molecule has 0 saturated carbocycles. The smallest absolute Gasteiger partial charge is 0.253 e. The minimum atomic E-state index is -0.332. The molecular formula is C24H40IN5O3. The Kier molecular flexibility index (Phi) is 12.4. The Balaban J connectivity index is 0.00000385. The van der Waals surface area contributed by atoms with E-state index < -0.39 is 0 Å². The number of guanidine groups is 1. The zero-order chi connectivity index (χ0) is 22.8. The zero-order valence-electron chi connectivity index (χ0n) is 20.1. The van der Waals surface area contributed by atoms with E-state index in [-0.39, 0.29) is 36.0 Å². The number of morpholine rings is 1. The number of carbonyl (C=O) groups excluding carboxylic acids is 1. The Morgan fingerprint density at radius 3 is 2.67 bits per heavy atom. The second-order valence-corrected chi connectivity index (χ2v) is 8.73. The molecule has 33 heavy (non-hydrogen) atoms. The molecule has 9 heteroatoms. The fraction of sp³-hybridized carbons (Fsp3) is 0.667. The summed E-state index contributed by atoms with van der Waals surface area (Å²) < 4.78 is 11.0. The van der Waals surface area contributed by atoms with Crippen LogP contribution in [0.15, 0.2) is 29.3 Å². The Bertz CT molecular complexity index is 749. The standard InChI is InChI=1S/C24H39N5O3.HI/c1-4-25-24(27-17-21(18(2)3)29-10-13-31-14-11-29)26-16-19-7-5-8-20(15-19)28-23(30)22-9-6-12-32-22;/h5,7-8,15,18,21-22H,4,6,9-14,16-17H2,1-3H3,(H,28,30)(H2,25,26,27);1H. The molecule has 2 unspecified atom stereocenters. The monoisotopic (exact) mass is 573 g/mol. The van der Waals surface area contributed by atoms with Gasteiger partial charge in [0.15, 0.2) is 5.96 Å². The van der Waals surface area contributed by atoms with E-state index in [1.165, 1.54) is 0 Å². The first kappa shape index (κ1) is 27.8. The number of nitrogens with zero attached hydrogens (tertiary/aromatic N) is 2. The molecule has 3 rings (SSSR count). The van der Waals surface area contributed by atoms with Crippen molar-refractivity contribution in [3.8, 4) is 0 Å². The lowest BCUT2D eigenvalue weighted by atomic mass is 10.0. The number of anilines is 1. The Hall–Kier alpha value is -1.43. The van der Waals surface area contributed by atoms with Crippen molar-refractivity contribution in [1.29, 1.82) is 0 Å². The van der Waals surface area contributed by atoms with Gasteiger partial charge in [0.05, 0.1) is 19.8 Å². The average molecular weight is 574 g/mol.